The topological polar surface area (TPSA) is 35.5 Å². The van der Waals surface area contributed by atoms with Crippen molar-refractivity contribution in [2.45, 2.75) is 6.92 Å². The number of hydrogen-bond donors (Lipinski definition) is 0. The number of rotatable bonds is 3. The maximum Gasteiger partial charge on any atom is 0.161 e. The van der Waals surface area contributed by atoms with Gasteiger partial charge in [0.15, 0.2) is 17.3 Å². The number of hydrogen-bond acceptors (Lipinski definition) is 3. The zero-order chi connectivity index (χ0) is 12.4. The van der Waals surface area contributed by atoms with Gasteiger partial charge in [-0.15, -0.1) is 0 Å². The number of Topliss-reactive ketones (excluding diaryl/α,β-unsaturated/α-hetero) is 1. The highest BCUT2D eigenvalue weighted by Crippen LogP contribution is 2.32. The van der Waals surface area contributed by atoms with Crippen LogP contribution in [0.3, 0.4) is 0 Å². The third-order valence-electron chi connectivity index (χ3n) is 2.75. The lowest BCUT2D eigenvalue weighted by Gasteiger charge is -2.09. The molecule has 0 aliphatic rings. The third kappa shape index (κ3) is 2.09. The van der Waals surface area contributed by atoms with Gasteiger partial charge in [0.05, 0.1) is 14.2 Å². The van der Waals surface area contributed by atoms with Gasteiger partial charge in [-0.3, -0.25) is 4.79 Å². The van der Waals surface area contributed by atoms with Gasteiger partial charge >= 0.3 is 0 Å². The van der Waals surface area contributed by atoms with E-state index in [1.54, 1.807) is 21.1 Å². The lowest BCUT2D eigenvalue weighted by molar-refractivity contribution is 0.101. The minimum atomic E-state index is 0.0571. The van der Waals surface area contributed by atoms with E-state index in [9.17, 15) is 4.79 Å². The zero-order valence-corrected chi connectivity index (χ0v) is 10.1. The van der Waals surface area contributed by atoms with Gasteiger partial charge in [0.2, 0.25) is 0 Å². The molecule has 17 heavy (non-hydrogen) atoms. The first-order chi connectivity index (χ1) is 8.15. The summed E-state index contributed by atoms with van der Waals surface area (Å²) in [6.07, 6.45) is 0. The van der Waals surface area contributed by atoms with E-state index in [-0.39, 0.29) is 5.78 Å². The normalized spacial score (nSPS) is 10.3. The van der Waals surface area contributed by atoms with E-state index in [1.165, 1.54) is 0 Å². The molecule has 0 amide bonds. The summed E-state index contributed by atoms with van der Waals surface area (Å²) in [5.41, 5.74) is 0.699. The predicted molar refractivity (Wildman–Crippen MR) is 67.1 cm³/mol. The van der Waals surface area contributed by atoms with Crippen LogP contribution in [-0.4, -0.2) is 20.0 Å². The quantitative estimate of drug-likeness (QED) is 0.760. The van der Waals surface area contributed by atoms with Crippen LogP contribution >= 0.6 is 0 Å². The Bertz CT molecular complexity index is 573. The van der Waals surface area contributed by atoms with Gasteiger partial charge in [-0.1, -0.05) is 12.1 Å². The molecule has 0 fully saturated rings. The van der Waals surface area contributed by atoms with Gasteiger partial charge < -0.3 is 9.47 Å². The van der Waals surface area contributed by atoms with Crippen LogP contribution in [0.4, 0.5) is 0 Å². The van der Waals surface area contributed by atoms with Gasteiger partial charge in [-0.25, -0.2) is 0 Å². The second-order valence-electron chi connectivity index (χ2n) is 3.83. The molecule has 0 aromatic heterocycles. The molecule has 88 valence electrons. The summed E-state index contributed by atoms with van der Waals surface area (Å²) in [4.78, 5) is 11.3. The molecule has 0 spiro atoms. The lowest BCUT2D eigenvalue weighted by atomic mass is 10.0. The molecular weight excluding hydrogens is 216 g/mol. The molecule has 2 aromatic rings. The molecule has 3 nitrogen and oxygen atoms in total. The van der Waals surface area contributed by atoms with Crippen LogP contribution in [0.1, 0.15) is 17.3 Å². The molecule has 0 saturated heterocycles. The van der Waals surface area contributed by atoms with Crippen molar-refractivity contribution < 1.29 is 14.3 Å². The van der Waals surface area contributed by atoms with E-state index in [0.29, 0.717) is 17.1 Å². The highest BCUT2D eigenvalue weighted by Gasteiger charge is 2.07. The van der Waals surface area contributed by atoms with Gasteiger partial charge in [0.25, 0.3) is 0 Å². The average molecular weight is 230 g/mol. The second kappa shape index (κ2) is 4.45. The third-order valence-corrected chi connectivity index (χ3v) is 2.75. The molecule has 2 aromatic carbocycles. The molecule has 2 rings (SSSR count). The number of benzene rings is 2. The molecule has 0 radical (unpaired) electrons. The van der Waals surface area contributed by atoms with Crippen LogP contribution in [0.5, 0.6) is 11.5 Å². The van der Waals surface area contributed by atoms with E-state index in [2.05, 4.69) is 0 Å². The SMILES string of the molecule is COc1cc2ccc(C(C)=O)cc2cc1OC. The number of carbonyl (C=O) groups is 1. The fraction of sp³-hybridized carbons (Fsp3) is 0.214. The van der Waals surface area contributed by atoms with Crippen molar-refractivity contribution in [2.24, 2.45) is 0 Å². The van der Waals surface area contributed by atoms with Gasteiger partial charge in [0, 0.05) is 5.56 Å². The van der Waals surface area contributed by atoms with Crippen molar-refractivity contribution in [2.75, 3.05) is 14.2 Å². The minimum absolute atomic E-state index is 0.0571. The maximum absolute atomic E-state index is 11.3. The van der Waals surface area contributed by atoms with Gasteiger partial charge in [-0.05, 0) is 35.9 Å². The first kappa shape index (κ1) is 11.5. The number of fused-ring (bicyclic) bond motifs is 1. The van der Waals surface area contributed by atoms with Crippen LogP contribution in [0, 0.1) is 0 Å². The molecule has 0 unspecified atom stereocenters. The summed E-state index contributed by atoms with van der Waals surface area (Å²) in [6.45, 7) is 1.56. The first-order valence-electron chi connectivity index (χ1n) is 5.32. The Hall–Kier alpha value is -2.03. The Labute approximate surface area is 100.0 Å². The highest BCUT2D eigenvalue weighted by molar-refractivity contribution is 5.99. The smallest absolute Gasteiger partial charge is 0.161 e. The first-order valence-corrected chi connectivity index (χ1v) is 5.32. The van der Waals surface area contributed by atoms with Crippen molar-refractivity contribution in [3.8, 4) is 11.5 Å². The standard InChI is InChI=1S/C14H14O3/c1-9(15)10-4-5-11-7-13(16-2)14(17-3)8-12(11)6-10/h4-8H,1-3H3. The van der Waals surface area contributed by atoms with Gasteiger partial charge in [-0.2, -0.15) is 0 Å². The Balaban J connectivity index is 2.66. The van der Waals surface area contributed by atoms with Crippen molar-refractivity contribution >= 4 is 16.6 Å². The number of carbonyl (C=O) groups excluding carboxylic acids is 1. The summed E-state index contributed by atoms with van der Waals surface area (Å²) in [7, 11) is 3.20. The number of methoxy groups -OCH3 is 2. The van der Waals surface area contributed by atoms with E-state index in [0.717, 1.165) is 10.8 Å². The molecule has 0 atom stereocenters. The highest BCUT2D eigenvalue weighted by atomic mass is 16.5. The summed E-state index contributed by atoms with van der Waals surface area (Å²) in [6, 6.07) is 9.36. The molecule has 0 N–H and O–H groups in total. The van der Waals surface area contributed by atoms with E-state index < -0.39 is 0 Å². The molecule has 0 saturated carbocycles. The van der Waals surface area contributed by atoms with E-state index >= 15 is 0 Å². The van der Waals surface area contributed by atoms with Crippen molar-refractivity contribution in [3.63, 3.8) is 0 Å². The molecule has 0 aliphatic heterocycles. The second-order valence-corrected chi connectivity index (χ2v) is 3.83. The summed E-state index contributed by atoms with van der Waals surface area (Å²) in [5, 5.41) is 1.99. The van der Waals surface area contributed by atoms with Crippen LogP contribution in [-0.2, 0) is 0 Å². The van der Waals surface area contributed by atoms with Crippen molar-refractivity contribution in [3.05, 3.63) is 35.9 Å². The van der Waals surface area contributed by atoms with Crippen LogP contribution in [0.2, 0.25) is 0 Å². The van der Waals surface area contributed by atoms with Crippen LogP contribution in [0.15, 0.2) is 30.3 Å². The zero-order valence-electron chi connectivity index (χ0n) is 10.1. The number of ketones is 1. The Morgan fingerprint density at radius 2 is 1.53 bits per heavy atom. The van der Waals surface area contributed by atoms with Crippen LogP contribution < -0.4 is 9.47 Å². The van der Waals surface area contributed by atoms with E-state index in [1.807, 2.05) is 30.3 Å². The lowest BCUT2D eigenvalue weighted by Crippen LogP contribution is -1.93. The van der Waals surface area contributed by atoms with Gasteiger partial charge in [0.1, 0.15) is 0 Å². The monoisotopic (exact) mass is 230 g/mol. The van der Waals surface area contributed by atoms with Crippen LogP contribution in [0.25, 0.3) is 10.8 Å². The molecule has 0 heterocycles. The fourth-order valence-electron chi connectivity index (χ4n) is 1.79. The summed E-state index contributed by atoms with van der Waals surface area (Å²) in [5.74, 6) is 1.41. The Morgan fingerprint density at radius 1 is 0.941 bits per heavy atom. The van der Waals surface area contributed by atoms with Crippen molar-refractivity contribution in [1.29, 1.82) is 0 Å². The predicted octanol–water partition coefficient (Wildman–Crippen LogP) is 3.06. The summed E-state index contributed by atoms with van der Waals surface area (Å²) < 4.78 is 10.5. The molecule has 0 aliphatic carbocycles. The Kier molecular flexibility index (Phi) is 3.00. The average Bonchev–Trinajstić information content (AvgIpc) is 2.36. The van der Waals surface area contributed by atoms with E-state index in [4.69, 9.17) is 9.47 Å². The molecule has 3 heteroatoms. The summed E-state index contributed by atoms with van der Waals surface area (Å²) >= 11 is 0. The molecular formula is C14H14O3. The van der Waals surface area contributed by atoms with Crippen molar-refractivity contribution in [1.82, 2.24) is 0 Å². The largest absolute Gasteiger partial charge is 0.493 e. The maximum atomic E-state index is 11.3. The fourth-order valence-corrected chi connectivity index (χ4v) is 1.79. The number of ether oxygens (including phenoxy) is 2. The molecule has 0 bridgehead atoms. The minimum Gasteiger partial charge on any atom is -0.493 e. The Morgan fingerprint density at radius 3 is 2.06 bits per heavy atom.